The van der Waals surface area contributed by atoms with E-state index in [1.54, 1.807) is 13.8 Å². The summed E-state index contributed by atoms with van der Waals surface area (Å²) in [6.07, 6.45) is 0.594. The van der Waals surface area contributed by atoms with Crippen molar-refractivity contribution in [3.63, 3.8) is 0 Å². The smallest absolute Gasteiger partial charge is 0.324 e. The van der Waals surface area contributed by atoms with Crippen molar-refractivity contribution in [1.29, 1.82) is 0 Å². The third-order valence-electron chi connectivity index (χ3n) is 4.48. The van der Waals surface area contributed by atoms with Gasteiger partial charge < -0.3 is 15.9 Å². The number of hydrogen-bond acceptors (Lipinski definition) is 3. The van der Waals surface area contributed by atoms with Crippen LogP contribution in [-0.2, 0) is 9.59 Å². The van der Waals surface area contributed by atoms with E-state index < -0.39 is 28.8 Å². The largest absolute Gasteiger partial charge is 0.481 e. The highest BCUT2D eigenvalue weighted by atomic mass is 16.4. The number of fused-ring (bicyclic) bond motifs is 1. The van der Waals surface area contributed by atoms with E-state index in [2.05, 4.69) is 0 Å². The summed E-state index contributed by atoms with van der Waals surface area (Å²) < 4.78 is 0. The van der Waals surface area contributed by atoms with E-state index in [0.29, 0.717) is 6.42 Å². The lowest BCUT2D eigenvalue weighted by atomic mass is 9.78. The molecule has 0 aromatic heterocycles. The molecule has 0 saturated heterocycles. The number of hydrogen-bond donors (Lipinski definition) is 3. The Hall–Kier alpha value is -1.10. The highest BCUT2D eigenvalue weighted by molar-refractivity contribution is 5.87. The van der Waals surface area contributed by atoms with Gasteiger partial charge in [-0.15, -0.1) is 0 Å². The number of carbonyl (C=O) groups is 2. The first kappa shape index (κ1) is 10.4. The zero-order chi connectivity index (χ0) is 11.6. The summed E-state index contributed by atoms with van der Waals surface area (Å²) in [4.78, 5) is 22.2. The molecular formula is C10H15NO4. The molecule has 2 fully saturated rings. The summed E-state index contributed by atoms with van der Waals surface area (Å²) in [6, 6.07) is 0. The van der Waals surface area contributed by atoms with Crippen molar-refractivity contribution < 1.29 is 19.8 Å². The number of carboxylic acid groups (broad SMARTS) is 2. The van der Waals surface area contributed by atoms with Crippen LogP contribution in [-0.4, -0.2) is 27.7 Å². The number of nitrogens with two attached hydrogens (primary N) is 1. The zero-order valence-electron chi connectivity index (χ0n) is 8.73. The van der Waals surface area contributed by atoms with Crippen molar-refractivity contribution in [1.82, 2.24) is 0 Å². The van der Waals surface area contributed by atoms with Crippen LogP contribution >= 0.6 is 0 Å². The lowest BCUT2D eigenvalue weighted by Crippen LogP contribution is -2.55. The third kappa shape index (κ3) is 0.916. The van der Waals surface area contributed by atoms with Crippen molar-refractivity contribution in [3.8, 4) is 0 Å². The molecule has 0 heterocycles. The first-order valence-electron chi connectivity index (χ1n) is 5.03. The Morgan fingerprint density at radius 1 is 1.33 bits per heavy atom. The van der Waals surface area contributed by atoms with Gasteiger partial charge >= 0.3 is 11.9 Å². The molecule has 5 nitrogen and oxygen atoms in total. The topological polar surface area (TPSA) is 101 Å². The van der Waals surface area contributed by atoms with Gasteiger partial charge in [-0.2, -0.15) is 0 Å². The lowest BCUT2D eigenvalue weighted by Gasteiger charge is -2.30. The maximum Gasteiger partial charge on any atom is 0.324 e. The highest BCUT2D eigenvalue weighted by Crippen LogP contribution is 2.71. The Morgan fingerprint density at radius 2 is 1.87 bits per heavy atom. The fourth-order valence-electron chi connectivity index (χ4n) is 3.33. The van der Waals surface area contributed by atoms with E-state index in [4.69, 9.17) is 15.9 Å². The van der Waals surface area contributed by atoms with Crippen LogP contribution in [0.4, 0.5) is 0 Å². The molecule has 0 aromatic carbocycles. The summed E-state index contributed by atoms with van der Waals surface area (Å²) in [7, 11) is 0. The van der Waals surface area contributed by atoms with Crippen molar-refractivity contribution in [2.45, 2.75) is 25.8 Å². The fourth-order valence-corrected chi connectivity index (χ4v) is 3.33. The molecule has 0 aromatic rings. The minimum Gasteiger partial charge on any atom is -0.481 e. The Labute approximate surface area is 87.3 Å². The van der Waals surface area contributed by atoms with Crippen molar-refractivity contribution in [2.24, 2.45) is 28.9 Å². The minimum absolute atomic E-state index is 0.0777. The van der Waals surface area contributed by atoms with Crippen LogP contribution in [0.5, 0.6) is 0 Å². The monoisotopic (exact) mass is 213 g/mol. The highest BCUT2D eigenvalue weighted by Gasteiger charge is 2.79. The second-order valence-corrected chi connectivity index (χ2v) is 5.05. The first-order valence-corrected chi connectivity index (χ1v) is 5.03. The number of rotatable bonds is 2. The Morgan fingerprint density at radius 3 is 2.27 bits per heavy atom. The van der Waals surface area contributed by atoms with Crippen LogP contribution < -0.4 is 5.73 Å². The van der Waals surface area contributed by atoms with Crippen LogP contribution in [0.15, 0.2) is 0 Å². The van der Waals surface area contributed by atoms with Gasteiger partial charge in [0.25, 0.3) is 0 Å². The van der Waals surface area contributed by atoms with Crippen LogP contribution in [0.1, 0.15) is 20.3 Å². The van der Waals surface area contributed by atoms with E-state index in [1.807, 2.05) is 0 Å². The molecule has 0 amide bonds. The maximum absolute atomic E-state index is 11.2. The van der Waals surface area contributed by atoms with Crippen LogP contribution in [0.25, 0.3) is 0 Å². The SMILES string of the molecule is CC1CC2C(C2(C)C(=O)O)C1(N)C(=O)O. The Bertz CT molecular complexity index is 355. The molecule has 0 bridgehead atoms. The number of aliphatic carboxylic acids is 2. The lowest BCUT2D eigenvalue weighted by molar-refractivity contribution is -0.149. The molecule has 5 unspecified atom stereocenters. The summed E-state index contributed by atoms with van der Waals surface area (Å²) in [5, 5.41) is 18.2. The molecule has 84 valence electrons. The van der Waals surface area contributed by atoms with E-state index in [0.717, 1.165) is 0 Å². The van der Waals surface area contributed by atoms with E-state index in [1.165, 1.54) is 0 Å². The molecule has 0 aliphatic heterocycles. The quantitative estimate of drug-likeness (QED) is 0.606. The van der Waals surface area contributed by atoms with Gasteiger partial charge in [0.1, 0.15) is 5.54 Å². The normalized spacial score (nSPS) is 52.3. The van der Waals surface area contributed by atoms with Gasteiger partial charge in [-0.05, 0) is 25.2 Å². The van der Waals surface area contributed by atoms with Crippen molar-refractivity contribution in [2.75, 3.05) is 0 Å². The number of carboxylic acids is 2. The molecule has 2 rings (SSSR count). The van der Waals surface area contributed by atoms with E-state index in [-0.39, 0.29) is 11.8 Å². The predicted octanol–water partition coefficient (Wildman–Crippen LogP) is 0.145. The molecule has 0 radical (unpaired) electrons. The molecule has 2 aliphatic rings. The molecule has 4 N–H and O–H groups in total. The molecule has 2 saturated carbocycles. The standard InChI is InChI=1S/C10H15NO4/c1-4-3-5-6(9(5,2)7(12)13)10(4,11)8(14)15/h4-6H,3,11H2,1-2H3,(H,12,13)(H,14,15). The molecule has 0 spiro atoms. The van der Waals surface area contributed by atoms with Gasteiger partial charge in [0.05, 0.1) is 5.41 Å². The van der Waals surface area contributed by atoms with Gasteiger partial charge in [0.2, 0.25) is 0 Å². The third-order valence-corrected chi connectivity index (χ3v) is 4.48. The van der Waals surface area contributed by atoms with Crippen molar-refractivity contribution in [3.05, 3.63) is 0 Å². The van der Waals surface area contributed by atoms with Crippen LogP contribution in [0.3, 0.4) is 0 Å². The Balaban J connectivity index is 2.37. The van der Waals surface area contributed by atoms with E-state index in [9.17, 15) is 9.59 Å². The van der Waals surface area contributed by atoms with Gasteiger partial charge in [-0.25, -0.2) is 0 Å². The fraction of sp³-hybridized carbons (Fsp3) is 0.800. The maximum atomic E-state index is 11.2. The summed E-state index contributed by atoms with van der Waals surface area (Å²) >= 11 is 0. The molecular weight excluding hydrogens is 198 g/mol. The first-order chi connectivity index (χ1) is 6.77. The zero-order valence-corrected chi connectivity index (χ0v) is 8.73. The molecule has 5 heteroatoms. The van der Waals surface area contributed by atoms with Gasteiger partial charge in [-0.3, -0.25) is 9.59 Å². The molecule has 5 atom stereocenters. The molecule has 2 aliphatic carbocycles. The predicted molar refractivity (Wildman–Crippen MR) is 51.1 cm³/mol. The summed E-state index contributed by atoms with van der Waals surface area (Å²) in [5.41, 5.74) is 3.59. The van der Waals surface area contributed by atoms with Gasteiger partial charge in [-0.1, -0.05) is 6.92 Å². The second kappa shape index (κ2) is 2.52. The van der Waals surface area contributed by atoms with Crippen molar-refractivity contribution >= 4 is 11.9 Å². The summed E-state index contributed by atoms with van der Waals surface area (Å²) in [6.45, 7) is 3.38. The van der Waals surface area contributed by atoms with Crippen LogP contribution in [0.2, 0.25) is 0 Å². The minimum atomic E-state index is -1.36. The average molecular weight is 213 g/mol. The van der Waals surface area contributed by atoms with Gasteiger partial charge in [0, 0.05) is 5.92 Å². The van der Waals surface area contributed by atoms with E-state index >= 15 is 0 Å². The summed E-state index contributed by atoms with van der Waals surface area (Å²) in [5.74, 6) is -2.66. The molecule has 15 heavy (non-hydrogen) atoms. The van der Waals surface area contributed by atoms with Crippen LogP contribution in [0, 0.1) is 23.2 Å². The Kier molecular flexibility index (Phi) is 1.75. The second-order valence-electron chi connectivity index (χ2n) is 5.05. The van der Waals surface area contributed by atoms with Gasteiger partial charge in [0.15, 0.2) is 0 Å². The average Bonchev–Trinajstić information content (AvgIpc) is 2.60.